The van der Waals surface area contributed by atoms with Crippen LogP contribution >= 0.6 is 0 Å². The average molecular weight is 428 g/mol. The minimum Gasteiger partial charge on any atom is -0.496 e. The predicted molar refractivity (Wildman–Crippen MR) is 121 cm³/mol. The number of hydrogen-bond acceptors (Lipinski definition) is 6. The summed E-state index contributed by atoms with van der Waals surface area (Å²) in [5.74, 6) is 2.95. The van der Waals surface area contributed by atoms with Crippen LogP contribution in [0.4, 0.5) is 0 Å². The van der Waals surface area contributed by atoms with E-state index in [2.05, 4.69) is 4.90 Å². The third-order valence-electron chi connectivity index (χ3n) is 5.55. The van der Waals surface area contributed by atoms with Gasteiger partial charge in [-0.15, -0.1) is 0 Å². The number of ketones is 1. The van der Waals surface area contributed by atoms with Crippen LogP contribution in [0.15, 0.2) is 36.4 Å². The van der Waals surface area contributed by atoms with Crippen LogP contribution in [0.2, 0.25) is 0 Å². The number of ether oxygens (including phenoxy) is 4. The summed E-state index contributed by atoms with van der Waals surface area (Å²) in [6, 6.07) is 11.3. The van der Waals surface area contributed by atoms with Crippen LogP contribution in [-0.2, 0) is 6.54 Å². The first-order valence-corrected chi connectivity index (χ1v) is 10.8. The number of methoxy groups -OCH3 is 3. The molecule has 0 saturated carbocycles. The maximum atomic E-state index is 13.2. The standard InChI is InChI=1S/C25H33NO5/c1-17(2)31-21-10-6-8-18(12-21)25(27)19-9-7-11-26(15-19)16-20-13-23(29-4)24(30-5)14-22(20)28-3/h6,8,10,12-14,17,19H,7,9,11,15-16H2,1-5H3/t19-/m0/s1. The second-order valence-corrected chi connectivity index (χ2v) is 8.15. The van der Waals surface area contributed by atoms with Crippen molar-refractivity contribution in [2.24, 2.45) is 5.92 Å². The highest BCUT2D eigenvalue weighted by molar-refractivity contribution is 5.98. The number of rotatable bonds is 9. The van der Waals surface area contributed by atoms with E-state index in [1.807, 2.05) is 50.2 Å². The number of nitrogens with zero attached hydrogens (tertiary/aromatic N) is 1. The summed E-state index contributed by atoms with van der Waals surface area (Å²) in [5.41, 5.74) is 1.73. The Hall–Kier alpha value is -2.73. The normalized spacial score (nSPS) is 16.8. The molecule has 1 saturated heterocycles. The molecule has 1 atom stereocenters. The molecule has 1 heterocycles. The van der Waals surface area contributed by atoms with E-state index >= 15 is 0 Å². The van der Waals surface area contributed by atoms with Crippen LogP contribution in [0.5, 0.6) is 23.0 Å². The van der Waals surface area contributed by atoms with E-state index in [0.29, 0.717) is 30.2 Å². The highest BCUT2D eigenvalue weighted by Gasteiger charge is 2.27. The van der Waals surface area contributed by atoms with E-state index in [-0.39, 0.29) is 17.8 Å². The van der Waals surface area contributed by atoms with Crippen LogP contribution in [0.25, 0.3) is 0 Å². The molecule has 0 N–H and O–H groups in total. The monoisotopic (exact) mass is 427 g/mol. The Bertz CT molecular complexity index is 895. The first kappa shape index (κ1) is 22.9. The lowest BCUT2D eigenvalue weighted by atomic mass is 9.89. The molecule has 168 valence electrons. The van der Waals surface area contributed by atoms with Gasteiger partial charge in [0.15, 0.2) is 17.3 Å². The number of hydrogen-bond donors (Lipinski definition) is 0. The van der Waals surface area contributed by atoms with Gasteiger partial charge in [0.1, 0.15) is 11.5 Å². The van der Waals surface area contributed by atoms with Crippen LogP contribution in [-0.4, -0.2) is 51.2 Å². The Kier molecular flexibility index (Phi) is 7.80. The molecule has 31 heavy (non-hydrogen) atoms. The van der Waals surface area contributed by atoms with Crippen molar-refractivity contribution in [2.45, 2.75) is 39.3 Å². The Balaban J connectivity index is 1.73. The van der Waals surface area contributed by atoms with Crippen LogP contribution in [0.1, 0.15) is 42.6 Å². The SMILES string of the molecule is COc1cc(OC)c(OC)cc1CN1CCC[C@H](C(=O)c2cccc(OC(C)C)c2)C1. The zero-order valence-corrected chi connectivity index (χ0v) is 19.1. The Morgan fingerprint density at radius 1 is 1.03 bits per heavy atom. The molecular formula is C25H33NO5. The molecule has 6 heteroatoms. The van der Waals surface area contributed by atoms with Gasteiger partial charge in [-0.2, -0.15) is 0 Å². The molecular weight excluding hydrogens is 394 g/mol. The lowest BCUT2D eigenvalue weighted by Crippen LogP contribution is -2.38. The van der Waals surface area contributed by atoms with Crippen molar-refractivity contribution in [1.29, 1.82) is 0 Å². The van der Waals surface area contributed by atoms with E-state index in [4.69, 9.17) is 18.9 Å². The molecule has 2 aromatic carbocycles. The van der Waals surface area contributed by atoms with E-state index in [9.17, 15) is 4.79 Å². The minimum atomic E-state index is -0.0332. The van der Waals surface area contributed by atoms with Crippen molar-refractivity contribution < 1.29 is 23.7 Å². The van der Waals surface area contributed by atoms with E-state index in [0.717, 1.165) is 36.4 Å². The maximum Gasteiger partial charge on any atom is 0.167 e. The number of carbonyl (C=O) groups is 1. The molecule has 0 bridgehead atoms. The Morgan fingerprint density at radius 2 is 1.74 bits per heavy atom. The molecule has 0 amide bonds. The summed E-state index contributed by atoms with van der Waals surface area (Å²) in [5, 5.41) is 0. The largest absolute Gasteiger partial charge is 0.496 e. The number of piperidine rings is 1. The summed E-state index contributed by atoms with van der Waals surface area (Å²) >= 11 is 0. The van der Waals surface area contributed by atoms with E-state index in [1.54, 1.807) is 21.3 Å². The van der Waals surface area contributed by atoms with Gasteiger partial charge in [-0.05, 0) is 51.4 Å². The van der Waals surface area contributed by atoms with E-state index in [1.165, 1.54) is 0 Å². The Labute approximate surface area is 185 Å². The topological polar surface area (TPSA) is 57.2 Å². The fraction of sp³-hybridized carbons (Fsp3) is 0.480. The van der Waals surface area contributed by atoms with Crippen LogP contribution in [0.3, 0.4) is 0 Å². The van der Waals surface area contributed by atoms with Gasteiger partial charge < -0.3 is 18.9 Å². The number of Topliss-reactive ketones (excluding diaryl/α,β-unsaturated/α-hetero) is 1. The van der Waals surface area contributed by atoms with Gasteiger partial charge in [0.25, 0.3) is 0 Å². The van der Waals surface area contributed by atoms with Crippen molar-refractivity contribution in [3.8, 4) is 23.0 Å². The molecule has 2 aromatic rings. The van der Waals surface area contributed by atoms with Gasteiger partial charge in [0.05, 0.1) is 27.4 Å². The lowest BCUT2D eigenvalue weighted by Gasteiger charge is -2.32. The molecule has 0 radical (unpaired) electrons. The fourth-order valence-electron chi connectivity index (χ4n) is 4.10. The zero-order valence-electron chi connectivity index (χ0n) is 19.1. The smallest absolute Gasteiger partial charge is 0.167 e. The molecule has 0 aromatic heterocycles. The molecule has 0 spiro atoms. The third-order valence-corrected chi connectivity index (χ3v) is 5.55. The lowest BCUT2D eigenvalue weighted by molar-refractivity contribution is 0.0810. The van der Waals surface area contributed by atoms with Gasteiger partial charge in [-0.1, -0.05) is 12.1 Å². The molecule has 0 unspecified atom stereocenters. The van der Waals surface area contributed by atoms with Crippen LogP contribution < -0.4 is 18.9 Å². The average Bonchev–Trinajstić information content (AvgIpc) is 2.78. The van der Waals surface area contributed by atoms with E-state index < -0.39 is 0 Å². The zero-order chi connectivity index (χ0) is 22.4. The number of benzene rings is 2. The van der Waals surface area contributed by atoms with Crippen molar-refractivity contribution in [1.82, 2.24) is 4.90 Å². The predicted octanol–water partition coefficient (Wildman–Crippen LogP) is 4.59. The van der Waals surface area contributed by atoms with Crippen molar-refractivity contribution >= 4 is 5.78 Å². The van der Waals surface area contributed by atoms with Gasteiger partial charge >= 0.3 is 0 Å². The quantitative estimate of drug-likeness (QED) is 0.546. The molecule has 1 aliphatic rings. The molecule has 0 aliphatic carbocycles. The summed E-state index contributed by atoms with van der Waals surface area (Å²) in [6.45, 7) is 6.30. The second-order valence-electron chi connectivity index (χ2n) is 8.15. The van der Waals surface area contributed by atoms with Crippen molar-refractivity contribution in [3.63, 3.8) is 0 Å². The Morgan fingerprint density at radius 3 is 2.42 bits per heavy atom. The maximum absolute atomic E-state index is 13.2. The van der Waals surface area contributed by atoms with Gasteiger partial charge in [0.2, 0.25) is 0 Å². The fourth-order valence-corrected chi connectivity index (χ4v) is 4.10. The molecule has 6 nitrogen and oxygen atoms in total. The van der Waals surface area contributed by atoms with Crippen molar-refractivity contribution in [3.05, 3.63) is 47.5 Å². The highest BCUT2D eigenvalue weighted by Crippen LogP contribution is 2.36. The first-order valence-electron chi connectivity index (χ1n) is 10.8. The molecule has 1 aliphatic heterocycles. The van der Waals surface area contributed by atoms with Crippen LogP contribution in [0, 0.1) is 5.92 Å². The van der Waals surface area contributed by atoms with Gasteiger partial charge in [0, 0.05) is 36.2 Å². The van der Waals surface area contributed by atoms with Crippen molar-refractivity contribution in [2.75, 3.05) is 34.4 Å². The summed E-state index contributed by atoms with van der Waals surface area (Å²) in [6.07, 6.45) is 1.95. The third kappa shape index (κ3) is 5.70. The minimum absolute atomic E-state index is 0.0332. The number of likely N-dealkylation sites (tertiary alicyclic amines) is 1. The van der Waals surface area contributed by atoms with Gasteiger partial charge in [-0.25, -0.2) is 0 Å². The summed E-state index contributed by atoms with van der Waals surface area (Å²) < 4.78 is 22.2. The number of carbonyl (C=O) groups excluding carboxylic acids is 1. The molecule has 1 fully saturated rings. The summed E-state index contributed by atoms with van der Waals surface area (Å²) in [4.78, 5) is 15.5. The van der Waals surface area contributed by atoms with Gasteiger partial charge in [-0.3, -0.25) is 9.69 Å². The molecule has 3 rings (SSSR count). The first-order chi connectivity index (χ1) is 14.9. The second kappa shape index (κ2) is 10.5. The highest BCUT2D eigenvalue weighted by atomic mass is 16.5. The summed E-state index contributed by atoms with van der Waals surface area (Å²) in [7, 11) is 4.89.